The molecule has 9 heteroatoms. The van der Waals surface area contributed by atoms with Crippen molar-refractivity contribution in [2.45, 2.75) is 81.6 Å². The molecule has 46 heavy (non-hydrogen) atoms. The molecule has 5 atom stereocenters. The molecular weight excluding hydrogens is 600 g/mol. The summed E-state index contributed by atoms with van der Waals surface area (Å²) in [6.45, 7) is 3.41. The third-order valence-electron chi connectivity index (χ3n) is 10.9. The maximum atomic E-state index is 14.3. The SMILES string of the molecule is O=C(Nc1cccc(Cl)c1)[C@H]1[C@H]2C=C[C@@]3(O2)[C@H]1C(=O)N(CCCN1CCC(Cc2ccccc2)CC1)[C@@H]3C(=O)NC1CCCCC1. The number of piperidine rings is 1. The molecule has 1 saturated carbocycles. The Kier molecular flexibility index (Phi) is 9.21. The lowest BCUT2D eigenvalue weighted by molar-refractivity contribution is -0.141. The highest BCUT2D eigenvalue weighted by Gasteiger charge is 2.72. The van der Waals surface area contributed by atoms with Crippen molar-refractivity contribution in [1.29, 1.82) is 0 Å². The van der Waals surface area contributed by atoms with E-state index in [-0.39, 0.29) is 23.8 Å². The molecule has 4 heterocycles. The van der Waals surface area contributed by atoms with Crippen molar-refractivity contribution >= 4 is 35.0 Å². The Hall–Kier alpha value is -3.20. The Morgan fingerprint density at radius 3 is 2.48 bits per heavy atom. The number of halogens is 1. The number of hydrogen-bond acceptors (Lipinski definition) is 5. The van der Waals surface area contributed by atoms with E-state index in [1.165, 1.54) is 24.8 Å². The number of nitrogens with one attached hydrogen (secondary N) is 2. The summed E-state index contributed by atoms with van der Waals surface area (Å²) < 4.78 is 6.53. The first-order valence-electron chi connectivity index (χ1n) is 17.2. The van der Waals surface area contributed by atoms with Crippen LogP contribution in [0.1, 0.15) is 56.9 Å². The number of carbonyl (C=O) groups excluding carboxylic acids is 3. The Morgan fingerprint density at radius 2 is 1.72 bits per heavy atom. The standard InChI is InChI=1S/C37H45ClN4O4/c38-27-11-7-14-29(24-27)40-34(43)31-30-15-18-37(46-30)32(31)36(45)42(33(37)35(44)39-28-12-5-2-6-13-28)20-8-19-41-21-16-26(17-22-41)23-25-9-3-1-4-10-25/h1,3-4,7,9-11,14-15,18,24,26,28,30-33H,2,5-6,8,12-13,16-17,19-23H2,(H,39,44)(H,40,43)/t30-,31+,32-,33-,37-/m1/s1. The zero-order valence-corrected chi connectivity index (χ0v) is 27.2. The molecular formula is C37H45ClN4O4. The van der Waals surface area contributed by atoms with Gasteiger partial charge >= 0.3 is 0 Å². The van der Waals surface area contributed by atoms with Crippen LogP contribution in [0.15, 0.2) is 66.7 Å². The molecule has 0 aromatic heterocycles. The summed E-state index contributed by atoms with van der Waals surface area (Å²) in [6, 6.07) is 17.0. The zero-order valence-electron chi connectivity index (χ0n) is 26.4. The summed E-state index contributed by atoms with van der Waals surface area (Å²) in [5, 5.41) is 6.75. The van der Waals surface area contributed by atoms with Gasteiger partial charge in [0.15, 0.2) is 0 Å². The van der Waals surface area contributed by atoms with E-state index in [0.717, 1.165) is 58.2 Å². The fraction of sp³-hybridized carbons (Fsp3) is 0.541. The first-order valence-corrected chi connectivity index (χ1v) is 17.6. The van der Waals surface area contributed by atoms with E-state index in [1.807, 2.05) is 12.2 Å². The van der Waals surface area contributed by atoms with Gasteiger partial charge < -0.3 is 25.2 Å². The number of hydrogen-bond donors (Lipinski definition) is 2. The fourth-order valence-electron chi connectivity index (χ4n) is 8.65. The van der Waals surface area contributed by atoms with Crippen LogP contribution < -0.4 is 10.6 Å². The molecule has 2 aromatic carbocycles. The number of fused-ring (bicyclic) bond motifs is 1. The Morgan fingerprint density at radius 1 is 0.935 bits per heavy atom. The zero-order chi connectivity index (χ0) is 31.7. The first kappa shape index (κ1) is 31.4. The number of ether oxygens (including phenoxy) is 1. The second-order valence-corrected chi connectivity index (χ2v) is 14.3. The second kappa shape index (κ2) is 13.5. The van der Waals surface area contributed by atoms with Gasteiger partial charge in [0.25, 0.3) is 0 Å². The average molecular weight is 645 g/mol. The van der Waals surface area contributed by atoms with Crippen LogP contribution in [-0.2, 0) is 25.5 Å². The lowest BCUT2D eigenvalue weighted by Gasteiger charge is -2.35. The summed E-state index contributed by atoms with van der Waals surface area (Å²) in [5.41, 5.74) is 0.827. The van der Waals surface area contributed by atoms with E-state index in [2.05, 4.69) is 45.9 Å². The maximum Gasteiger partial charge on any atom is 0.246 e. The minimum absolute atomic E-state index is 0.107. The van der Waals surface area contributed by atoms with Gasteiger partial charge in [0.1, 0.15) is 11.6 Å². The summed E-state index contributed by atoms with van der Waals surface area (Å²) >= 11 is 6.16. The molecule has 2 bridgehead atoms. The highest BCUT2D eigenvalue weighted by Crippen LogP contribution is 2.55. The van der Waals surface area contributed by atoms with Crippen LogP contribution in [0.3, 0.4) is 0 Å². The molecule has 5 aliphatic rings. The molecule has 244 valence electrons. The van der Waals surface area contributed by atoms with E-state index < -0.39 is 29.6 Å². The van der Waals surface area contributed by atoms with Gasteiger partial charge in [-0.25, -0.2) is 0 Å². The third-order valence-corrected chi connectivity index (χ3v) is 11.2. The van der Waals surface area contributed by atoms with Gasteiger partial charge in [0, 0.05) is 23.3 Å². The average Bonchev–Trinajstić information content (AvgIpc) is 3.70. The fourth-order valence-corrected chi connectivity index (χ4v) is 8.84. The van der Waals surface area contributed by atoms with Crippen molar-refractivity contribution < 1.29 is 19.1 Å². The van der Waals surface area contributed by atoms with E-state index in [1.54, 1.807) is 29.2 Å². The number of nitrogens with zero attached hydrogens (tertiary/aromatic N) is 2. The molecule has 7 rings (SSSR count). The molecule has 4 aliphatic heterocycles. The normalized spacial score (nSPS) is 29.7. The molecule has 0 radical (unpaired) electrons. The van der Waals surface area contributed by atoms with Crippen LogP contribution in [-0.4, -0.2) is 77.5 Å². The van der Waals surface area contributed by atoms with E-state index >= 15 is 0 Å². The lowest BCUT2D eigenvalue weighted by Crippen LogP contribution is -2.56. The Bertz CT molecular complexity index is 1450. The number of rotatable bonds is 10. The van der Waals surface area contributed by atoms with Crippen molar-refractivity contribution in [3.8, 4) is 0 Å². The van der Waals surface area contributed by atoms with E-state index in [0.29, 0.717) is 23.2 Å². The second-order valence-electron chi connectivity index (χ2n) is 13.9. The molecule has 3 saturated heterocycles. The molecule has 3 amide bonds. The monoisotopic (exact) mass is 644 g/mol. The minimum Gasteiger partial charge on any atom is -0.359 e. The number of benzene rings is 2. The molecule has 2 aromatic rings. The maximum absolute atomic E-state index is 14.3. The van der Waals surface area contributed by atoms with Crippen molar-refractivity contribution in [3.05, 3.63) is 77.3 Å². The van der Waals surface area contributed by atoms with Crippen LogP contribution >= 0.6 is 11.6 Å². The van der Waals surface area contributed by atoms with Crippen molar-refractivity contribution in [2.24, 2.45) is 17.8 Å². The van der Waals surface area contributed by atoms with Crippen molar-refractivity contribution in [2.75, 3.05) is 31.5 Å². The number of amides is 3. The molecule has 8 nitrogen and oxygen atoms in total. The number of likely N-dealkylation sites (tertiary alicyclic amines) is 2. The van der Waals surface area contributed by atoms with Crippen molar-refractivity contribution in [1.82, 2.24) is 15.1 Å². The van der Waals surface area contributed by atoms with Gasteiger partial charge in [-0.2, -0.15) is 0 Å². The largest absolute Gasteiger partial charge is 0.359 e. The summed E-state index contributed by atoms with van der Waals surface area (Å²) in [5.74, 6) is -1.40. The van der Waals surface area contributed by atoms with Crippen LogP contribution in [0.5, 0.6) is 0 Å². The van der Waals surface area contributed by atoms with Gasteiger partial charge in [0.05, 0.1) is 17.9 Å². The van der Waals surface area contributed by atoms with Crippen LogP contribution in [0.2, 0.25) is 5.02 Å². The molecule has 1 spiro atoms. The van der Waals surface area contributed by atoms with Gasteiger partial charge in [-0.15, -0.1) is 0 Å². The topological polar surface area (TPSA) is 91.0 Å². The number of carbonyl (C=O) groups is 3. The smallest absolute Gasteiger partial charge is 0.246 e. The van der Waals surface area contributed by atoms with E-state index in [9.17, 15) is 14.4 Å². The highest BCUT2D eigenvalue weighted by atomic mass is 35.5. The van der Waals surface area contributed by atoms with E-state index in [4.69, 9.17) is 16.3 Å². The van der Waals surface area contributed by atoms with Crippen molar-refractivity contribution in [3.63, 3.8) is 0 Å². The van der Waals surface area contributed by atoms with Crippen LogP contribution in [0, 0.1) is 17.8 Å². The van der Waals surface area contributed by atoms with Crippen LogP contribution in [0.25, 0.3) is 0 Å². The summed E-state index contributed by atoms with van der Waals surface area (Å²) in [7, 11) is 0. The predicted octanol–water partition coefficient (Wildman–Crippen LogP) is 5.22. The number of anilines is 1. The minimum atomic E-state index is -1.15. The Balaban J connectivity index is 1.04. The molecule has 4 fully saturated rings. The molecule has 2 N–H and O–H groups in total. The first-order chi connectivity index (χ1) is 22.4. The summed E-state index contributed by atoms with van der Waals surface area (Å²) in [4.78, 5) is 46.4. The van der Waals surface area contributed by atoms with Gasteiger partial charge in [0.2, 0.25) is 17.7 Å². The van der Waals surface area contributed by atoms with Crippen LogP contribution in [0.4, 0.5) is 5.69 Å². The van der Waals surface area contributed by atoms with Gasteiger partial charge in [-0.1, -0.05) is 79.4 Å². The third kappa shape index (κ3) is 6.24. The lowest BCUT2D eigenvalue weighted by atomic mass is 9.74. The quantitative estimate of drug-likeness (QED) is 0.346. The van der Waals surface area contributed by atoms with Gasteiger partial charge in [-0.3, -0.25) is 14.4 Å². The summed E-state index contributed by atoms with van der Waals surface area (Å²) in [6.07, 6.45) is 12.7. The Labute approximate surface area is 276 Å². The molecule has 1 aliphatic carbocycles. The van der Waals surface area contributed by atoms with Gasteiger partial charge in [-0.05, 0) is 87.8 Å². The predicted molar refractivity (Wildman–Crippen MR) is 178 cm³/mol. The molecule has 0 unspecified atom stereocenters. The highest BCUT2D eigenvalue weighted by molar-refractivity contribution is 6.30.